The first-order valence-electron chi connectivity index (χ1n) is 15.2. The van der Waals surface area contributed by atoms with Crippen LogP contribution in [0.4, 0.5) is 0 Å². The van der Waals surface area contributed by atoms with Gasteiger partial charge in [-0.2, -0.15) is 0 Å². The normalized spacial score (nSPS) is 23.5. The number of hydrazine groups is 1. The number of nitrogens with two attached hydrogens (primary N) is 2. The van der Waals surface area contributed by atoms with Gasteiger partial charge in [0.25, 0.3) is 0 Å². The van der Waals surface area contributed by atoms with Gasteiger partial charge in [-0.25, -0.2) is 10.9 Å². The van der Waals surface area contributed by atoms with Crippen molar-refractivity contribution < 1.29 is 9.47 Å². The molecule has 1 aliphatic heterocycles. The van der Waals surface area contributed by atoms with Crippen LogP contribution in [0.3, 0.4) is 0 Å². The molecule has 0 radical (unpaired) electrons. The van der Waals surface area contributed by atoms with Gasteiger partial charge in [-0.1, -0.05) is 114 Å². The SMILES string of the molecule is CC(C)(C)C(N)OC(N)c1ccc2c(c1)C1(c3ccccc3-2)c2ccccc2-c2ccc(C3NNC(C(C)(C)C)O3)cc21. The van der Waals surface area contributed by atoms with Crippen LogP contribution in [0.5, 0.6) is 0 Å². The Morgan fingerprint density at radius 2 is 1.26 bits per heavy atom. The third kappa shape index (κ3) is 4.32. The molecule has 4 aromatic rings. The lowest BCUT2D eigenvalue weighted by Gasteiger charge is -2.32. The summed E-state index contributed by atoms with van der Waals surface area (Å²) in [6.45, 7) is 12.7. The van der Waals surface area contributed by atoms with Crippen LogP contribution in [0.2, 0.25) is 0 Å². The van der Waals surface area contributed by atoms with Crippen LogP contribution in [0.1, 0.15) is 87.4 Å². The maximum atomic E-state index is 6.69. The van der Waals surface area contributed by atoms with Gasteiger partial charge in [0.1, 0.15) is 24.9 Å². The fraction of sp³-hybridized carbons (Fsp3) is 0.351. The lowest BCUT2D eigenvalue weighted by Crippen LogP contribution is -2.40. The van der Waals surface area contributed by atoms with Crippen LogP contribution in [-0.2, 0) is 14.9 Å². The zero-order valence-electron chi connectivity index (χ0n) is 25.9. The van der Waals surface area contributed by atoms with Crippen molar-refractivity contribution in [3.05, 3.63) is 118 Å². The highest BCUT2D eigenvalue weighted by Gasteiger charge is 2.52. The van der Waals surface area contributed by atoms with Gasteiger partial charge < -0.3 is 20.9 Å². The summed E-state index contributed by atoms with van der Waals surface area (Å²) in [5.74, 6) is 0. The molecule has 1 spiro atoms. The summed E-state index contributed by atoms with van der Waals surface area (Å²) in [6, 6.07) is 30.9. The average molecular weight is 575 g/mol. The number of benzene rings is 4. The Morgan fingerprint density at radius 3 is 1.84 bits per heavy atom. The molecule has 1 fully saturated rings. The van der Waals surface area contributed by atoms with E-state index in [1.54, 1.807) is 0 Å². The van der Waals surface area contributed by atoms with Gasteiger partial charge in [0.15, 0.2) is 0 Å². The van der Waals surface area contributed by atoms with Gasteiger partial charge in [0.05, 0.1) is 5.41 Å². The first kappa shape index (κ1) is 28.4. The van der Waals surface area contributed by atoms with Crippen molar-refractivity contribution in [1.29, 1.82) is 0 Å². The summed E-state index contributed by atoms with van der Waals surface area (Å²) in [5.41, 5.74) is 31.0. The van der Waals surface area contributed by atoms with Crippen molar-refractivity contribution in [3.63, 3.8) is 0 Å². The van der Waals surface area contributed by atoms with E-state index in [0.717, 1.165) is 11.1 Å². The van der Waals surface area contributed by atoms with E-state index in [9.17, 15) is 0 Å². The van der Waals surface area contributed by atoms with E-state index in [1.807, 2.05) is 0 Å². The van der Waals surface area contributed by atoms with Gasteiger partial charge in [-0.15, -0.1) is 0 Å². The molecule has 2 aliphatic carbocycles. The lowest BCUT2D eigenvalue weighted by atomic mass is 9.70. The molecule has 0 aromatic heterocycles. The Labute approximate surface area is 254 Å². The quantitative estimate of drug-likeness (QED) is 0.173. The van der Waals surface area contributed by atoms with E-state index in [2.05, 4.69) is 137 Å². The monoisotopic (exact) mass is 574 g/mol. The maximum absolute atomic E-state index is 6.69. The van der Waals surface area contributed by atoms with Crippen molar-refractivity contribution in [2.75, 3.05) is 0 Å². The fourth-order valence-electron chi connectivity index (χ4n) is 6.89. The first-order chi connectivity index (χ1) is 20.4. The maximum Gasteiger partial charge on any atom is 0.148 e. The second kappa shape index (κ2) is 9.83. The molecule has 1 saturated heterocycles. The molecule has 6 nitrogen and oxygen atoms in total. The zero-order chi connectivity index (χ0) is 30.3. The number of hydrogen-bond acceptors (Lipinski definition) is 6. The number of ether oxygens (including phenoxy) is 2. The second-order valence-electron chi connectivity index (χ2n) is 14.3. The van der Waals surface area contributed by atoms with Crippen LogP contribution in [0.25, 0.3) is 22.3 Å². The smallest absolute Gasteiger partial charge is 0.148 e. The topological polar surface area (TPSA) is 94.6 Å². The van der Waals surface area contributed by atoms with E-state index in [4.69, 9.17) is 20.9 Å². The second-order valence-corrected chi connectivity index (χ2v) is 14.3. The van der Waals surface area contributed by atoms with E-state index in [0.29, 0.717) is 0 Å². The Balaban J connectivity index is 1.42. The molecule has 6 N–H and O–H groups in total. The molecule has 43 heavy (non-hydrogen) atoms. The number of rotatable bonds is 4. The molecule has 6 heteroatoms. The largest absolute Gasteiger partial charge is 0.341 e. The standard InChI is InChI=1S/C37H42N4O2/c1-35(2,3)33(39)42-31(38)21-15-17-25-23-11-7-9-13-27(23)37(29(25)19-21)28-14-10-8-12-24(28)26-18-16-22(20-30(26)37)32-40-41-34(43-32)36(4,5)6/h7-20,31-34,40-41H,38-39H2,1-6H3. The van der Waals surface area contributed by atoms with Crippen LogP contribution in [0, 0.1) is 10.8 Å². The summed E-state index contributed by atoms with van der Waals surface area (Å²) < 4.78 is 12.7. The Morgan fingerprint density at radius 1 is 0.698 bits per heavy atom. The molecular formula is C37H42N4O2. The van der Waals surface area contributed by atoms with Crippen molar-refractivity contribution in [2.45, 2.75) is 71.9 Å². The molecule has 0 bridgehead atoms. The van der Waals surface area contributed by atoms with Gasteiger partial charge in [-0.3, -0.25) is 0 Å². The molecule has 0 saturated carbocycles. The zero-order valence-corrected chi connectivity index (χ0v) is 25.9. The van der Waals surface area contributed by atoms with Gasteiger partial charge in [0, 0.05) is 10.8 Å². The third-order valence-electron chi connectivity index (χ3n) is 9.32. The minimum Gasteiger partial charge on any atom is -0.341 e. The lowest BCUT2D eigenvalue weighted by molar-refractivity contribution is -0.0620. The number of fused-ring (bicyclic) bond motifs is 10. The molecular weight excluding hydrogens is 532 g/mol. The first-order valence-corrected chi connectivity index (χ1v) is 15.2. The van der Waals surface area contributed by atoms with E-state index in [1.165, 1.54) is 44.5 Å². The van der Waals surface area contributed by atoms with Crippen LogP contribution < -0.4 is 22.3 Å². The van der Waals surface area contributed by atoms with Crippen molar-refractivity contribution in [1.82, 2.24) is 10.9 Å². The molecule has 5 unspecified atom stereocenters. The molecule has 4 aromatic carbocycles. The van der Waals surface area contributed by atoms with Crippen LogP contribution in [-0.4, -0.2) is 12.5 Å². The predicted molar refractivity (Wildman–Crippen MR) is 172 cm³/mol. The highest BCUT2D eigenvalue weighted by Crippen LogP contribution is 2.63. The Hall–Kier alpha value is -3.36. The highest BCUT2D eigenvalue weighted by atomic mass is 16.6. The molecule has 0 amide bonds. The Bertz CT molecular complexity index is 1710. The highest BCUT2D eigenvalue weighted by molar-refractivity contribution is 5.95. The molecule has 1 heterocycles. The van der Waals surface area contributed by atoms with Gasteiger partial charge in [-0.05, 0) is 67.8 Å². The minimum atomic E-state index is -0.653. The molecule has 7 rings (SSSR count). The van der Waals surface area contributed by atoms with Crippen LogP contribution >= 0.6 is 0 Å². The summed E-state index contributed by atoms with van der Waals surface area (Å²) in [7, 11) is 0. The van der Waals surface area contributed by atoms with E-state index < -0.39 is 17.9 Å². The van der Waals surface area contributed by atoms with Crippen molar-refractivity contribution in [2.24, 2.45) is 22.3 Å². The average Bonchev–Trinajstić information content (AvgIpc) is 3.66. The summed E-state index contributed by atoms with van der Waals surface area (Å²) in [6.07, 6.45) is -1.52. The molecule has 5 atom stereocenters. The number of hydrogen-bond donors (Lipinski definition) is 4. The predicted octanol–water partition coefficient (Wildman–Crippen LogP) is 6.83. The van der Waals surface area contributed by atoms with Gasteiger partial charge in [0.2, 0.25) is 0 Å². The van der Waals surface area contributed by atoms with E-state index in [-0.39, 0.29) is 23.3 Å². The van der Waals surface area contributed by atoms with Crippen molar-refractivity contribution in [3.8, 4) is 22.3 Å². The van der Waals surface area contributed by atoms with E-state index >= 15 is 0 Å². The van der Waals surface area contributed by atoms with Crippen molar-refractivity contribution >= 4 is 0 Å². The molecule has 222 valence electrons. The Kier molecular flexibility index (Phi) is 6.49. The third-order valence-corrected chi connectivity index (χ3v) is 9.32. The number of nitrogens with one attached hydrogen (secondary N) is 2. The van der Waals surface area contributed by atoms with Gasteiger partial charge >= 0.3 is 0 Å². The summed E-state index contributed by atoms with van der Waals surface area (Å²) in [5, 5.41) is 0. The molecule has 3 aliphatic rings. The minimum absolute atomic E-state index is 0.0496. The summed E-state index contributed by atoms with van der Waals surface area (Å²) in [4.78, 5) is 0. The summed E-state index contributed by atoms with van der Waals surface area (Å²) >= 11 is 0. The fourth-order valence-corrected chi connectivity index (χ4v) is 6.89. The van der Waals surface area contributed by atoms with Crippen LogP contribution in [0.15, 0.2) is 84.9 Å².